The van der Waals surface area contributed by atoms with Gasteiger partial charge in [0.15, 0.2) is 0 Å². The maximum atomic E-state index is 13.6. The van der Waals surface area contributed by atoms with Crippen LogP contribution in [-0.4, -0.2) is 10.8 Å². The first-order valence-electron chi connectivity index (χ1n) is 8.56. The molecule has 0 saturated carbocycles. The highest BCUT2D eigenvalue weighted by atomic mass is 32.9. The molecule has 2 aromatic carbocycles. The lowest BCUT2D eigenvalue weighted by Gasteiger charge is -2.42. The van der Waals surface area contributed by atoms with Gasteiger partial charge in [0, 0.05) is 17.2 Å². The summed E-state index contributed by atoms with van der Waals surface area (Å²) in [7, 11) is 3.08. The van der Waals surface area contributed by atoms with Crippen LogP contribution in [0, 0.1) is 20.9 Å². The molecule has 28 heavy (non-hydrogen) atoms. The Balaban J connectivity index is 1.97. The molecule has 0 radical (unpaired) electrons. The van der Waals surface area contributed by atoms with Crippen molar-refractivity contribution in [2.24, 2.45) is 0 Å². The normalized spacial score (nSPS) is 14.3. The van der Waals surface area contributed by atoms with Crippen LogP contribution in [0.25, 0.3) is 11.1 Å². The Morgan fingerprint density at radius 3 is 2.61 bits per heavy atom. The van der Waals surface area contributed by atoms with Gasteiger partial charge in [0.25, 0.3) is 11.6 Å². The molecule has 0 bridgehead atoms. The van der Waals surface area contributed by atoms with Gasteiger partial charge in [-0.15, -0.1) is 0 Å². The number of carbonyl (C=O) groups is 1. The number of rotatable bonds is 2. The van der Waals surface area contributed by atoms with E-state index in [1.807, 2.05) is 38.1 Å². The highest BCUT2D eigenvalue weighted by Gasteiger charge is 2.44. The van der Waals surface area contributed by atoms with E-state index in [1.54, 1.807) is 34.3 Å². The van der Waals surface area contributed by atoms with Gasteiger partial charge in [-0.05, 0) is 38.5 Å². The van der Waals surface area contributed by atoms with Crippen molar-refractivity contribution >= 4 is 50.2 Å². The zero-order valence-corrected chi connectivity index (χ0v) is 17.8. The molecule has 142 valence electrons. The van der Waals surface area contributed by atoms with E-state index in [0.717, 1.165) is 31.1 Å². The van der Waals surface area contributed by atoms with Crippen molar-refractivity contribution in [3.63, 3.8) is 0 Å². The second-order valence-corrected chi connectivity index (χ2v) is 9.97. The Morgan fingerprint density at radius 2 is 1.89 bits per heavy atom. The lowest BCUT2D eigenvalue weighted by atomic mass is 9.86. The number of hydrogen-bond acceptors (Lipinski definition) is 6. The van der Waals surface area contributed by atoms with Crippen LogP contribution in [0.5, 0.6) is 0 Å². The number of fused-ring (bicyclic) bond motifs is 3. The fourth-order valence-electron chi connectivity index (χ4n) is 3.64. The van der Waals surface area contributed by atoms with E-state index in [9.17, 15) is 14.9 Å². The maximum Gasteiger partial charge on any atom is 0.282 e. The number of anilines is 1. The molecule has 1 aromatic heterocycles. The predicted molar refractivity (Wildman–Crippen MR) is 116 cm³/mol. The van der Waals surface area contributed by atoms with Crippen LogP contribution in [-0.2, 0) is 5.54 Å². The number of amides is 1. The van der Waals surface area contributed by atoms with Crippen molar-refractivity contribution in [3.8, 4) is 11.1 Å². The van der Waals surface area contributed by atoms with Crippen LogP contribution in [0.15, 0.2) is 42.5 Å². The van der Waals surface area contributed by atoms with Crippen LogP contribution in [0.2, 0.25) is 0 Å². The van der Waals surface area contributed by atoms with Gasteiger partial charge in [-0.1, -0.05) is 57.2 Å². The summed E-state index contributed by atoms with van der Waals surface area (Å²) in [6.07, 6.45) is 0. The third kappa shape index (κ3) is 2.71. The van der Waals surface area contributed by atoms with Gasteiger partial charge in [-0.2, -0.15) is 0 Å². The Morgan fingerprint density at radius 1 is 1.18 bits per heavy atom. The summed E-state index contributed by atoms with van der Waals surface area (Å²) in [6.45, 7) is 5.68. The van der Waals surface area contributed by atoms with Crippen molar-refractivity contribution in [2.75, 3.05) is 4.90 Å². The van der Waals surface area contributed by atoms with E-state index in [2.05, 4.69) is 0 Å². The van der Waals surface area contributed by atoms with E-state index < -0.39 is 10.5 Å². The Bertz CT molecular complexity index is 1190. The van der Waals surface area contributed by atoms with E-state index in [4.69, 9.17) is 12.2 Å². The molecule has 5 nitrogen and oxygen atoms in total. The molecule has 0 spiro atoms. The summed E-state index contributed by atoms with van der Waals surface area (Å²) < 4.78 is 0.800. The topological polar surface area (TPSA) is 63.5 Å². The second-order valence-electron chi connectivity index (χ2n) is 7.15. The number of para-hydroxylation sites is 1. The highest BCUT2D eigenvalue weighted by molar-refractivity contribution is 7.80. The van der Waals surface area contributed by atoms with Crippen LogP contribution in [0.1, 0.15) is 34.6 Å². The average Bonchev–Trinajstić information content (AvgIpc) is 3.04. The molecule has 0 saturated heterocycles. The Labute approximate surface area is 174 Å². The SMILES string of the molecule is Cc1ccc(C(=O)N2c3ccccc3-c3c(ssc3=S)C2(C)C)c([N+](=O)[O-])c1. The molecule has 1 aliphatic heterocycles. The quantitative estimate of drug-likeness (QED) is 0.207. The molecule has 1 amide bonds. The predicted octanol–water partition coefficient (Wildman–Crippen LogP) is 6.32. The first kappa shape index (κ1) is 18.9. The van der Waals surface area contributed by atoms with Gasteiger partial charge in [0.05, 0.1) is 21.0 Å². The number of nitro groups is 1. The van der Waals surface area contributed by atoms with Crippen molar-refractivity contribution < 1.29 is 9.72 Å². The van der Waals surface area contributed by atoms with Crippen molar-refractivity contribution in [1.29, 1.82) is 0 Å². The van der Waals surface area contributed by atoms with Crippen LogP contribution < -0.4 is 4.90 Å². The number of benzene rings is 2. The zero-order chi connectivity index (χ0) is 20.2. The van der Waals surface area contributed by atoms with E-state index in [1.165, 1.54) is 16.4 Å². The fourth-order valence-corrected chi connectivity index (χ4v) is 6.92. The van der Waals surface area contributed by atoms with E-state index in [0.29, 0.717) is 0 Å². The summed E-state index contributed by atoms with van der Waals surface area (Å²) in [4.78, 5) is 27.4. The molecule has 0 fully saturated rings. The van der Waals surface area contributed by atoms with Crippen molar-refractivity contribution in [2.45, 2.75) is 26.3 Å². The summed E-state index contributed by atoms with van der Waals surface area (Å²) in [6, 6.07) is 12.3. The van der Waals surface area contributed by atoms with Gasteiger partial charge in [0.1, 0.15) is 9.39 Å². The second kappa shape index (κ2) is 6.58. The van der Waals surface area contributed by atoms with Gasteiger partial charge < -0.3 is 0 Å². The lowest BCUT2D eigenvalue weighted by Crippen LogP contribution is -2.48. The van der Waals surface area contributed by atoms with Crippen LogP contribution >= 0.6 is 32.9 Å². The first-order chi connectivity index (χ1) is 13.2. The molecule has 1 aliphatic rings. The molecule has 0 N–H and O–H groups in total. The van der Waals surface area contributed by atoms with Crippen molar-refractivity contribution in [3.05, 3.63) is 72.4 Å². The summed E-state index contributed by atoms with van der Waals surface area (Å²) >= 11 is 5.55. The third-order valence-corrected chi connectivity index (χ3v) is 8.27. The summed E-state index contributed by atoms with van der Waals surface area (Å²) in [5, 5.41) is 11.6. The summed E-state index contributed by atoms with van der Waals surface area (Å²) in [5.74, 6) is -0.390. The maximum absolute atomic E-state index is 13.6. The van der Waals surface area contributed by atoms with Crippen molar-refractivity contribution in [1.82, 2.24) is 0 Å². The number of hydrogen-bond donors (Lipinski definition) is 0. The Kier molecular flexibility index (Phi) is 4.45. The zero-order valence-electron chi connectivity index (χ0n) is 15.4. The fraction of sp³-hybridized carbons (Fsp3) is 0.200. The minimum atomic E-state index is -0.683. The Hall–Kier alpha value is -2.42. The van der Waals surface area contributed by atoms with E-state index in [-0.39, 0.29) is 17.2 Å². The largest absolute Gasteiger partial charge is 0.297 e. The number of aryl methyl sites for hydroxylation is 1. The number of nitro benzene ring substituents is 1. The lowest BCUT2D eigenvalue weighted by molar-refractivity contribution is -0.385. The molecule has 4 rings (SSSR count). The van der Waals surface area contributed by atoms with Gasteiger partial charge in [0.2, 0.25) is 0 Å². The molecule has 8 heteroatoms. The molecule has 3 aromatic rings. The monoisotopic (exact) mass is 428 g/mol. The molecule has 2 heterocycles. The molecular weight excluding hydrogens is 412 g/mol. The van der Waals surface area contributed by atoms with Gasteiger partial charge in [-0.25, -0.2) is 0 Å². The molecule has 0 aliphatic carbocycles. The smallest absolute Gasteiger partial charge is 0.282 e. The average molecular weight is 429 g/mol. The van der Waals surface area contributed by atoms with Gasteiger partial charge in [-0.3, -0.25) is 19.8 Å². The standard InChI is InChI=1S/C20H16N2O3S3/c1-11-8-9-13(15(10-11)22(24)25)18(23)21-14-7-5-4-6-12(14)16-17(20(21,2)3)27-28-19(16)26/h4-10H,1-3H3. The highest BCUT2D eigenvalue weighted by Crippen LogP contribution is 2.52. The minimum absolute atomic E-state index is 0.0840. The van der Waals surface area contributed by atoms with Crippen LogP contribution in [0.4, 0.5) is 11.4 Å². The molecule has 0 atom stereocenters. The minimum Gasteiger partial charge on any atom is -0.297 e. The number of nitrogens with zero attached hydrogens (tertiary/aromatic N) is 2. The summed E-state index contributed by atoms with van der Waals surface area (Å²) in [5.41, 5.74) is 2.56. The first-order valence-corrected chi connectivity index (χ1v) is 11.1. The third-order valence-electron chi connectivity index (χ3n) is 4.94. The number of carbonyl (C=O) groups excluding carboxylic acids is 1. The molecular formula is C20H16N2O3S3. The van der Waals surface area contributed by atoms with E-state index >= 15 is 0 Å². The van der Waals surface area contributed by atoms with Crippen LogP contribution in [0.3, 0.4) is 0 Å². The molecule has 0 unspecified atom stereocenters. The van der Waals surface area contributed by atoms with Gasteiger partial charge >= 0.3 is 0 Å².